The molecule has 3 atom stereocenters. The lowest BCUT2D eigenvalue weighted by Crippen LogP contribution is -2.27. The Morgan fingerprint density at radius 3 is 2.79 bits per heavy atom. The van der Waals surface area contributed by atoms with Crippen LogP contribution in [0.15, 0.2) is 43.0 Å². The molecule has 4 nitrogen and oxygen atoms in total. The standard InChI is InChI=1S/C20H25N3O/c24-20(11-19-10-15-5-6-16(19)9-15)22-12-17-3-1-2-4-18(17)13-23-8-7-21-14-23/h1-4,7-8,14-16,19H,5-6,9-13H2,(H,22,24). The van der Waals surface area contributed by atoms with Crippen molar-refractivity contribution in [1.29, 1.82) is 0 Å². The van der Waals surface area contributed by atoms with Gasteiger partial charge in [0.1, 0.15) is 0 Å². The quantitative estimate of drug-likeness (QED) is 0.886. The van der Waals surface area contributed by atoms with Gasteiger partial charge in [0.25, 0.3) is 0 Å². The van der Waals surface area contributed by atoms with E-state index in [4.69, 9.17) is 0 Å². The van der Waals surface area contributed by atoms with E-state index in [1.165, 1.54) is 36.8 Å². The molecule has 2 aliphatic carbocycles. The highest BCUT2D eigenvalue weighted by atomic mass is 16.1. The van der Waals surface area contributed by atoms with Crippen molar-refractivity contribution in [2.45, 2.75) is 45.2 Å². The molecular weight excluding hydrogens is 298 g/mol. The van der Waals surface area contributed by atoms with Gasteiger partial charge in [0.05, 0.1) is 6.33 Å². The Bertz CT molecular complexity index is 695. The van der Waals surface area contributed by atoms with Crippen molar-refractivity contribution >= 4 is 5.91 Å². The Morgan fingerprint density at radius 2 is 2.08 bits per heavy atom. The van der Waals surface area contributed by atoms with Gasteiger partial charge in [-0.25, -0.2) is 4.98 Å². The number of fused-ring (bicyclic) bond motifs is 2. The molecule has 1 heterocycles. The fourth-order valence-electron chi connectivity index (χ4n) is 4.59. The average Bonchev–Trinajstić information content (AvgIpc) is 3.32. The van der Waals surface area contributed by atoms with Crippen LogP contribution in [-0.4, -0.2) is 15.5 Å². The van der Waals surface area contributed by atoms with Gasteiger partial charge in [0, 0.05) is 31.9 Å². The highest BCUT2D eigenvalue weighted by Crippen LogP contribution is 2.49. The second-order valence-corrected chi connectivity index (χ2v) is 7.42. The fraction of sp³-hybridized carbons (Fsp3) is 0.500. The Morgan fingerprint density at radius 1 is 1.21 bits per heavy atom. The van der Waals surface area contributed by atoms with E-state index in [-0.39, 0.29) is 5.91 Å². The molecule has 1 aromatic carbocycles. The summed E-state index contributed by atoms with van der Waals surface area (Å²) in [6.45, 7) is 1.41. The first-order valence-electron chi connectivity index (χ1n) is 9.07. The smallest absolute Gasteiger partial charge is 0.220 e. The molecule has 0 saturated heterocycles. The number of benzene rings is 1. The Balaban J connectivity index is 1.33. The number of aromatic nitrogens is 2. The lowest BCUT2D eigenvalue weighted by atomic mass is 9.86. The first kappa shape index (κ1) is 15.4. The number of nitrogens with one attached hydrogen (secondary N) is 1. The normalized spacial score (nSPS) is 25.1. The summed E-state index contributed by atoms with van der Waals surface area (Å²) < 4.78 is 2.05. The summed E-state index contributed by atoms with van der Waals surface area (Å²) in [4.78, 5) is 16.4. The first-order valence-corrected chi connectivity index (χ1v) is 9.07. The number of rotatable bonds is 6. The van der Waals surface area contributed by atoms with Crippen molar-refractivity contribution in [3.05, 3.63) is 54.1 Å². The van der Waals surface area contributed by atoms with Gasteiger partial charge in [0.15, 0.2) is 0 Å². The maximum Gasteiger partial charge on any atom is 0.220 e. The maximum absolute atomic E-state index is 12.4. The molecule has 1 N–H and O–H groups in total. The molecule has 1 aromatic heterocycles. The van der Waals surface area contributed by atoms with Gasteiger partial charge in [-0.3, -0.25) is 4.79 Å². The van der Waals surface area contributed by atoms with Crippen LogP contribution in [0.2, 0.25) is 0 Å². The maximum atomic E-state index is 12.4. The van der Waals surface area contributed by atoms with E-state index < -0.39 is 0 Å². The van der Waals surface area contributed by atoms with Gasteiger partial charge < -0.3 is 9.88 Å². The summed E-state index contributed by atoms with van der Waals surface area (Å²) in [5.41, 5.74) is 2.42. The summed E-state index contributed by atoms with van der Waals surface area (Å²) in [6, 6.07) is 8.31. The molecule has 2 aromatic rings. The molecule has 126 valence electrons. The van der Waals surface area contributed by atoms with Gasteiger partial charge >= 0.3 is 0 Å². The molecule has 0 radical (unpaired) electrons. The molecule has 0 aliphatic heterocycles. The van der Waals surface area contributed by atoms with E-state index in [0.717, 1.165) is 18.4 Å². The van der Waals surface area contributed by atoms with Crippen LogP contribution >= 0.6 is 0 Å². The lowest BCUT2D eigenvalue weighted by molar-refractivity contribution is -0.122. The molecule has 3 unspecified atom stereocenters. The number of nitrogens with zero attached hydrogens (tertiary/aromatic N) is 2. The summed E-state index contributed by atoms with van der Waals surface area (Å²) in [5.74, 6) is 2.56. The molecule has 2 bridgehead atoms. The van der Waals surface area contributed by atoms with Crippen LogP contribution in [0.5, 0.6) is 0 Å². The highest BCUT2D eigenvalue weighted by Gasteiger charge is 2.39. The third-order valence-electron chi connectivity index (χ3n) is 5.84. The summed E-state index contributed by atoms with van der Waals surface area (Å²) in [5, 5.41) is 3.14. The van der Waals surface area contributed by atoms with E-state index in [9.17, 15) is 4.79 Å². The zero-order valence-corrected chi connectivity index (χ0v) is 14.0. The molecule has 4 heteroatoms. The Labute approximate surface area is 143 Å². The van der Waals surface area contributed by atoms with Crippen molar-refractivity contribution in [2.75, 3.05) is 0 Å². The first-order chi connectivity index (χ1) is 11.8. The summed E-state index contributed by atoms with van der Waals surface area (Å²) in [7, 11) is 0. The second-order valence-electron chi connectivity index (χ2n) is 7.42. The molecule has 2 fully saturated rings. The molecule has 2 aliphatic rings. The lowest BCUT2D eigenvalue weighted by Gasteiger charge is -2.21. The summed E-state index contributed by atoms with van der Waals surface area (Å²) in [6.07, 6.45) is 11.7. The predicted molar refractivity (Wildman–Crippen MR) is 93.2 cm³/mol. The third kappa shape index (κ3) is 3.37. The average molecular weight is 323 g/mol. The molecule has 1 amide bonds. The number of carbonyl (C=O) groups is 1. The van der Waals surface area contributed by atoms with Gasteiger partial charge in [-0.15, -0.1) is 0 Å². The minimum Gasteiger partial charge on any atom is -0.352 e. The van der Waals surface area contributed by atoms with Crippen LogP contribution in [0, 0.1) is 17.8 Å². The van der Waals surface area contributed by atoms with Crippen molar-refractivity contribution in [1.82, 2.24) is 14.9 Å². The number of hydrogen-bond donors (Lipinski definition) is 1. The molecular formula is C20H25N3O. The fourth-order valence-corrected chi connectivity index (χ4v) is 4.59. The van der Waals surface area contributed by atoms with Crippen molar-refractivity contribution in [2.24, 2.45) is 17.8 Å². The monoisotopic (exact) mass is 323 g/mol. The minimum absolute atomic E-state index is 0.213. The topological polar surface area (TPSA) is 46.9 Å². The molecule has 4 rings (SSSR count). The largest absolute Gasteiger partial charge is 0.352 e. The van der Waals surface area contributed by atoms with E-state index in [2.05, 4.69) is 27.0 Å². The van der Waals surface area contributed by atoms with E-state index >= 15 is 0 Å². The minimum atomic E-state index is 0.213. The Hall–Kier alpha value is -2.10. The molecule has 2 saturated carbocycles. The van der Waals surface area contributed by atoms with E-state index in [0.29, 0.717) is 18.9 Å². The van der Waals surface area contributed by atoms with Gasteiger partial charge in [-0.2, -0.15) is 0 Å². The van der Waals surface area contributed by atoms with Crippen LogP contribution in [0.4, 0.5) is 0 Å². The van der Waals surface area contributed by atoms with Crippen LogP contribution in [0.1, 0.15) is 43.2 Å². The van der Waals surface area contributed by atoms with Crippen LogP contribution < -0.4 is 5.32 Å². The highest BCUT2D eigenvalue weighted by molar-refractivity contribution is 5.76. The van der Waals surface area contributed by atoms with E-state index in [1.807, 2.05) is 24.7 Å². The SMILES string of the molecule is O=C(CC1CC2CCC1C2)NCc1ccccc1Cn1ccnc1. The van der Waals surface area contributed by atoms with Crippen LogP contribution in [0.25, 0.3) is 0 Å². The van der Waals surface area contributed by atoms with Gasteiger partial charge in [-0.1, -0.05) is 30.7 Å². The number of imidazole rings is 1. The van der Waals surface area contributed by atoms with Crippen molar-refractivity contribution in [3.8, 4) is 0 Å². The summed E-state index contributed by atoms with van der Waals surface area (Å²) >= 11 is 0. The third-order valence-corrected chi connectivity index (χ3v) is 5.84. The molecule has 0 spiro atoms. The zero-order chi connectivity index (χ0) is 16.4. The number of carbonyl (C=O) groups excluding carboxylic acids is 1. The van der Waals surface area contributed by atoms with Crippen LogP contribution in [-0.2, 0) is 17.9 Å². The Kier molecular flexibility index (Phi) is 4.37. The zero-order valence-electron chi connectivity index (χ0n) is 14.0. The van der Waals surface area contributed by atoms with Crippen molar-refractivity contribution in [3.63, 3.8) is 0 Å². The molecule has 24 heavy (non-hydrogen) atoms. The van der Waals surface area contributed by atoms with Crippen molar-refractivity contribution < 1.29 is 4.79 Å². The van der Waals surface area contributed by atoms with Gasteiger partial charge in [-0.05, 0) is 48.1 Å². The van der Waals surface area contributed by atoms with Crippen LogP contribution in [0.3, 0.4) is 0 Å². The van der Waals surface area contributed by atoms with Gasteiger partial charge in [0.2, 0.25) is 5.91 Å². The number of amides is 1. The second kappa shape index (κ2) is 6.80. The predicted octanol–water partition coefficient (Wildman–Crippen LogP) is 3.37. The van der Waals surface area contributed by atoms with E-state index in [1.54, 1.807) is 6.20 Å². The number of hydrogen-bond acceptors (Lipinski definition) is 2.